The van der Waals surface area contributed by atoms with Crippen molar-refractivity contribution in [2.45, 2.75) is 49.0 Å². The number of piperidine rings is 1. The first kappa shape index (κ1) is 14.6. The van der Waals surface area contributed by atoms with Crippen LogP contribution in [0.15, 0.2) is 0 Å². The van der Waals surface area contributed by atoms with Crippen molar-refractivity contribution in [3.8, 4) is 0 Å². The van der Waals surface area contributed by atoms with Gasteiger partial charge in [-0.15, -0.1) is 0 Å². The SMILES string of the molecule is C[C@]12CCOC[C@@H]1S[C@H](N(C=O)CN1CCCCC1)O2. The minimum Gasteiger partial charge on any atom is -0.380 e. The van der Waals surface area contributed by atoms with Gasteiger partial charge in [0.2, 0.25) is 6.41 Å². The first-order valence-electron chi connectivity index (χ1n) is 7.56. The lowest BCUT2D eigenvalue weighted by Crippen LogP contribution is -2.46. The predicted molar refractivity (Wildman–Crippen MR) is 78.3 cm³/mol. The minimum atomic E-state index is -0.161. The fourth-order valence-corrected chi connectivity index (χ4v) is 4.61. The van der Waals surface area contributed by atoms with Gasteiger partial charge in [-0.1, -0.05) is 18.2 Å². The highest BCUT2D eigenvalue weighted by atomic mass is 32.2. The van der Waals surface area contributed by atoms with E-state index in [1.54, 1.807) is 16.7 Å². The van der Waals surface area contributed by atoms with Crippen molar-refractivity contribution >= 4 is 18.2 Å². The van der Waals surface area contributed by atoms with Gasteiger partial charge in [-0.25, -0.2) is 0 Å². The number of amides is 1. The normalized spacial score (nSPS) is 38.5. The number of hydrogen-bond donors (Lipinski definition) is 0. The van der Waals surface area contributed by atoms with Crippen LogP contribution in [0.4, 0.5) is 0 Å². The number of thioether (sulfide) groups is 1. The Morgan fingerprint density at radius 2 is 2.20 bits per heavy atom. The third kappa shape index (κ3) is 2.98. The van der Waals surface area contributed by atoms with Crippen molar-refractivity contribution in [2.75, 3.05) is 33.0 Å². The van der Waals surface area contributed by atoms with Crippen molar-refractivity contribution < 1.29 is 14.3 Å². The lowest BCUT2D eigenvalue weighted by Gasteiger charge is -2.35. The molecule has 0 N–H and O–H groups in total. The summed E-state index contributed by atoms with van der Waals surface area (Å²) in [6.45, 7) is 6.50. The molecule has 5 nitrogen and oxygen atoms in total. The Morgan fingerprint density at radius 3 is 2.90 bits per heavy atom. The molecule has 0 aromatic heterocycles. The smallest absolute Gasteiger partial charge is 0.213 e. The number of nitrogens with zero attached hydrogens (tertiary/aromatic N) is 2. The Labute approximate surface area is 124 Å². The Morgan fingerprint density at radius 1 is 1.40 bits per heavy atom. The first-order chi connectivity index (χ1) is 9.71. The average Bonchev–Trinajstić information content (AvgIpc) is 2.83. The molecule has 3 saturated heterocycles. The average molecular weight is 300 g/mol. The van der Waals surface area contributed by atoms with Crippen LogP contribution in [0.5, 0.6) is 0 Å². The zero-order valence-corrected chi connectivity index (χ0v) is 12.9. The van der Waals surface area contributed by atoms with Crippen LogP contribution in [0.2, 0.25) is 0 Å². The Bertz CT molecular complexity index is 351. The molecule has 0 bridgehead atoms. The maximum atomic E-state index is 11.5. The predicted octanol–water partition coefficient (Wildman–Crippen LogP) is 1.48. The van der Waals surface area contributed by atoms with Gasteiger partial charge in [-0.3, -0.25) is 14.6 Å². The molecular weight excluding hydrogens is 276 g/mol. The molecule has 3 heterocycles. The van der Waals surface area contributed by atoms with Gasteiger partial charge in [0.25, 0.3) is 0 Å². The van der Waals surface area contributed by atoms with Crippen molar-refractivity contribution in [3.63, 3.8) is 0 Å². The topological polar surface area (TPSA) is 42.0 Å². The fraction of sp³-hybridized carbons (Fsp3) is 0.929. The molecule has 3 aliphatic heterocycles. The summed E-state index contributed by atoms with van der Waals surface area (Å²) in [5.41, 5.74) is -0.303. The summed E-state index contributed by atoms with van der Waals surface area (Å²) < 4.78 is 11.7. The van der Waals surface area contributed by atoms with Crippen molar-refractivity contribution in [1.29, 1.82) is 0 Å². The lowest BCUT2D eigenvalue weighted by molar-refractivity contribution is -0.147. The fourth-order valence-electron chi connectivity index (χ4n) is 3.15. The molecular formula is C14H24N2O3S. The van der Waals surface area contributed by atoms with Gasteiger partial charge < -0.3 is 9.47 Å². The highest BCUT2D eigenvalue weighted by Gasteiger charge is 2.49. The Balaban J connectivity index is 1.60. The van der Waals surface area contributed by atoms with Crippen LogP contribution < -0.4 is 0 Å². The van der Waals surface area contributed by atoms with Crippen LogP contribution in [0.25, 0.3) is 0 Å². The molecule has 3 fully saturated rings. The molecule has 0 spiro atoms. The molecule has 0 saturated carbocycles. The maximum Gasteiger partial charge on any atom is 0.213 e. The molecule has 0 unspecified atom stereocenters. The third-order valence-corrected chi connectivity index (χ3v) is 6.13. The van der Waals surface area contributed by atoms with Gasteiger partial charge in [0.15, 0.2) is 5.56 Å². The molecule has 1 amide bonds. The number of hydrogen-bond acceptors (Lipinski definition) is 5. The molecule has 3 aliphatic rings. The van der Waals surface area contributed by atoms with Gasteiger partial charge in [-0.05, 0) is 32.9 Å². The second-order valence-corrected chi connectivity index (χ2v) is 7.37. The maximum absolute atomic E-state index is 11.5. The number of ether oxygens (including phenoxy) is 2. The summed E-state index contributed by atoms with van der Waals surface area (Å²) in [6.07, 6.45) is 5.63. The molecule has 3 atom stereocenters. The second-order valence-electron chi connectivity index (χ2n) is 6.13. The number of carbonyl (C=O) groups is 1. The lowest BCUT2D eigenvalue weighted by atomic mass is 9.96. The van der Waals surface area contributed by atoms with Gasteiger partial charge in [-0.2, -0.15) is 0 Å². The monoisotopic (exact) mass is 300 g/mol. The van der Waals surface area contributed by atoms with Crippen molar-refractivity contribution in [1.82, 2.24) is 9.80 Å². The molecule has 6 heteroatoms. The number of likely N-dealkylation sites (tertiary alicyclic amines) is 1. The second kappa shape index (κ2) is 6.22. The summed E-state index contributed by atoms with van der Waals surface area (Å²) >= 11 is 1.74. The Kier molecular flexibility index (Phi) is 4.55. The van der Waals surface area contributed by atoms with Gasteiger partial charge in [0.05, 0.1) is 24.1 Å². The van der Waals surface area contributed by atoms with Crippen LogP contribution in [0.3, 0.4) is 0 Å². The zero-order chi connectivity index (χ0) is 14.0. The van der Waals surface area contributed by atoms with Crippen molar-refractivity contribution in [3.05, 3.63) is 0 Å². The number of fused-ring (bicyclic) bond motifs is 1. The molecule has 0 aliphatic carbocycles. The highest BCUT2D eigenvalue weighted by molar-refractivity contribution is 8.00. The Hall–Kier alpha value is -0.300. The highest BCUT2D eigenvalue weighted by Crippen LogP contribution is 2.45. The van der Waals surface area contributed by atoms with E-state index in [2.05, 4.69) is 11.8 Å². The van der Waals surface area contributed by atoms with Crippen LogP contribution in [0, 0.1) is 0 Å². The van der Waals surface area contributed by atoms with Gasteiger partial charge >= 0.3 is 0 Å². The molecule has 3 rings (SSSR count). The minimum absolute atomic E-state index is 0.142. The van der Waals surface area contributed by atoms with Crippen LogP contribution in [-0.4, -0.2) is 65.6 Å². The summed E-state index contributed by atoms with van der Waals surface area (Å²) in [6, 6.07) is 0. The standard InChI is InChI=1S/C14H24N2O3S/c1-14-5-8-18-9-12(14)20-13(19-14)16(11-17)10-15-6-3-2-4-7-15/h11-13H,2-10H2,1H3/t12-,13+,14-/m0/s1. The van der Waals surface area contributed by atoms with E-state index in [-0.39, 0.29) is 11.2 Å². The van der Waals surface area contributed by atoms with E-state index in [0.717, 1.165) is 39.1 Å². The van der Waals surface area contributed by atoms with Crippen LogP contribution in [-0.2, 0) is 14.3 Å². The van der Waals surface area contributed by atoms with E-state index in [0.29, 0.717) is 11.9 Å². The van der Waals surface area contributed by atoms with Crippen LogP contribution in [0.1, 0.15) is 32.6 Å². The summed E-state index contributed by atoms with van der Waals surface area (Å²) in [5, 5.41) is 0.338. The van der Waals surface area contributed by atoms with Crippen molar-refractivity contribution in [2.24, 2.45) is 0 Å². The van der Waals surface area contributed by atoms with E-state index in [9.17, 15) is 4.79 Å². The quantitative estimate of drug-likeness (QED) is 0.736. The molecule has 20 heavy (non-hydrogen) atoms. The van der Waals surface area contributed by atoms with E-state index in [1.807, 2.05) is 0 Å². The number of rotatable bonds is 4. The van der Waals surface area contributed by atoms with E-state index >= 15 is 0 Å². The summed E-state index contributed by atoms with van der Waals surface area (Å²) in [4.78, 5) is 15.6. The summed E-state index contributed by atoms with van der Waals surface area (Å²) in [5.74, 6) is 0. The molecule has 0 radical (unpaired) electrons. The zero-order valence-electron chi connectivity index (χ0n) is 12.1. The molecule has 0 aromatic rings. The van der Waals surface area contributed by atoms with E-state index in [1.165, 1.54) is 19.3 Å². The molecule has 114 valence electrons. The third-order valence-electron chi connectivity index (χ3n) is 4.56. The van der Waals surface area contributed by atoms with Gasteiger partial charge in [0.1, 0.15) is 0 Å². The van der Waals surface area contributed by atoms with Gasteiger partial charge in [0, 0.05) is 13.0 Å². The van der Waals surface area contributed by atoms with E-state index < -0.39 is 0 Å². The number of carbonyl (C=O) groups excluding carboxylic acids is 1. The molecule has 0 aromatic carbocycles. The summed E-state index contributed by atoms with van der Waals surface area (Å²) in [7, 11) is 0. The van der Waals surface area contributed by atoms with Crippen LogP contribution >= 0.6 is 11.8 Å². The largest absolute Gasteiger partial charge is 0.380 e. The first-order valence-corrected chi connectivity index (χ1v) is 8.50. The van der Waals surface area contributed by atoms with E-state index in [4.69, 9.17) is 9.47 Å².